The van der Waals surface area contributed by atoms with Crippen LogP contribution in [0.2, 0.25) is 0 Å². The van der Waals surface area contributed by atoms with Crippen molar-refractivity contribution in [2.75, 3.05) is 39.3 Å². The predicted octanol–water partition coefficient (Wildman–Crippen LogP) is 4.64. The molecule has 3 aromatic carbocycles. The number of rotatable bonds is 16. The van der Waals surface area contributed by atoms with Crippen molar-refractivity contribution in [2.24, 2.45) is 0 Å². The molecule has 0 aliphatic carbocycles. The fourth-order valence-corrected chi connectivity index (χ4v) is 6.18. The Kier molecular flexibility index (Phi) is 12.5. The third-order valence-electron chi connectivity index (χ3n) is 7.46. The predicted molar refractivity (Wildman–Crippen MR) is 173 cm³/mol. The maximum absolute atomic E-state index is 14.4. The van der Waals surface area contributed by atoms with E-state index in [0.717, 1.165) is 9.87 Å². The normalized spacial score (nSPS) is 12.4. The Morgan fingerprint density at radius 3 is 2.02 bits per heavy atom. The number of carbonyl (C=O) groups excluding carboxylic acids is 2. The molecule has 0 aromatic heterocycles. The largest absolute Gasteiger partial charge is 0.497 e. The summed E-state index contributed by atoms with van der Waals surface area (Å²) >= 11 is 0. The lowest BCUT2D eigenvalue weighted by atomic mass is 10.1. The first-order valence-electron chi connectivity index (χ1n) is 14.6. The number of ether oxygens (including phenoxy) is 4. The van der Waals surface area contributed by atoms with Crippen molar-refractivity contribution < 1.29 is 37.0 Å². The molecule has 3 aromatic rings. The second kappa shape index (κ2) is 16.0. The van der Waals surface area contributed by atoms with Gasteiger partial charge in [0, 0.05) is 24.7 Å². The van der Waals surface area contributed by atoms with Gasteiger partial charge >= 0.3 is 0 Å². The van der Waals surface area contributed by atoms with E-state index >= 15 is 0 Å². The van der Waals surface area contributed by atoms with Crippen molar-refractivity contribution in [1.82, 2.24) is 10.2 Å². The van der Waals surface area contributed by atoms with Gasteiger partial charge in [0.05, 0.1) is 39.0 Å². The first kappa shape index (κ1) is 35.0. The summed E-state index contributed by atoms with van der Waals surface area (Å²) in [6.45, 7) is 5.11. The molecule has 0 saturated heterocycles. The Labute approximate surface area is 266 Å². The molecule has 1 N–H and O–H groups in total. The average Bonchev–Trinajstić information content (AvgIpc) is 3.06. The summed E-state index contributed by atoms with van der Waals surface area (Å²) in [5.74, 6) is 0.185. The minimum absolute atomic E-state index is 0.0803. The second-order valence-corrected chi connectivity index (χ2v) is 12.2. The summed E-state index contributed by atoms with van der Waals surface area (Å²) in [6, 6.07) is 17.1. The summed E-state index contributed by atoms with van der Waals surface area (Å²) < 4.78 is 51.4. The van der Waals surface area contributed by atoms with Crippen LogP contribution in [0.4, 0.5) is 5.69 Å². The smallest absolute Gasteiger partial charge is 0.265 e. The van der Waals surface area contributed by atoms with E-state index in [1.807, 2.05) is 51.1 Å². The summed E-state index contributed by atoms with van der Waals surface area (Å²) in [5.41, 5.74) is 0.866. The van der Waals surface area contributed by atoms with Crippen molar-refractivity contribution in [3.8, 4) is 23.0 Å². The van der Waals surface area contributed by atoms with Gasteiger partial charge in [-0.2, -0.15) is 0 Å². The summed E-state index contributed by atoms with van der Waals surface area (Å²) in [5, 5.41) is 2.97. The van der Waals surface area contributed by atoms with E-state index in [9.17, 15) is 18.0 Å². The number of anilines is 1. The highest BCUT2D eigenvalue weighted by Crippen LogP contribution is 2.38. The molecule has 0 heterocycles. The zero-order valence-corrected chi connectivity index (χ0v) is 27.7. The summed E-state index contributed by atoms with van der Waals surface area (Å²) in [4.78, 5) is 29.1. The Bertz CT molecular complexity index is 1550. The number of sulfonamides is 1. The molecule has 2 atom stereocenters. The topological polar surface area (TPSA) is 124 Å². The van der Waals surface area contributed by atoms with Crippen LogP contribution in [0, 0.1) is 0 Å². The Morgan fingerprint density at radius 2 is 1.44 bits per heavy atom. The van der Waals surface area contributed by atoms with Gasteiger partial charge in [-0.25, -0.2) is 8.42 Å². The third kappa shape index (κ3) is 8.39. The maximum Gasteiger partial charge on any atom is 0.265 e. The molecule has 0 aliphatic rings. The molecule has 45 heavy (non-hydrogen) atoms. The van der Waals surface area contributed by atoms with Crippen LogP contribution < -0.4 is 28.6 Å². The number of nitrogens with one attached hydrogen (secondary N) is 1. The van der Waals surface area contributed by atoms with Gasteiger partial charge in [0.15, 0.2) is 11.5 Å². The van der Waals surface area contributed by atoms with E-state index < -0.39 is 28.5 Å². The van der Waals surface area contributed by atoms with Crippen LogP contribution in [0.1, 0.15) is 39.2 Å². The van der Waals surface area contributed by atoms with E-state index in [0.29, 0.717) is 24.3 Å². The number of benzene rings is 3. The number of methoxy groups -OCH3 is 4. The number of hydrogen-bond donors (Lipinski definition) is 1. The summed E-state index contributed by atoms with van der Waals surface area (Å²) in [6.07, 6.45) is 1.02. The first-order valence-corrected chi connectivity index (χ1v) is 16.1. The lowest BCUT2D eigenvalue weighted by molar-refractivity contribution is -0.140. The molecule has 0 saturated carbocycles. The molecule has 12 heteroatoms. The fourth-order valence-electron chi connectivity index (χ4n) is 4.75. The minimum Gasteiger partial charge on any atom is -0.497 e. The molecule has 0 aliphatic heterocycles. The van der Waals surface area contributed by atoms with Crippen molar-refractivity contribution >= 4 is 27.5 Å². The first-order chi connectivity index (χ1) is 21.5. The quantitative estimate of drug-likeness (QED) is 0.240. The van der Waals surface area contributed by atoms with Crippen molar-refractivity contribution in [3.63, 3.8) is 0 Å². The zero-order chi connectivity index (χ0) is 33.1. The van der Waals surface area contributed by atoms with Crippen molar-refractivity contribution in [2.45, 2.75) is 57.1 Å². The molecule has 0 spiro atoms. The maximum atomic E-state index is 14.4. The van der Waals surface area contributed by atoms with E-state index in [2.05, 4.69) is 5.32 Å². The number of hydrogen-bond acceptors (Lipinski definition) is 8. The molecular weight excluding hydrogens is 598 g/mol. The van der Waals surface area contributed by atoms with Crippen LogP contribution in [0.3, 0.4) is 0 Å². The highest BCUT2D eigenvalue weighted by Gasteiger charge is 2.35. The monoisotopic (exact) mass is 641 g/mol. The summed E-state index contributed by atoms with van der Waals surface area (Å²) in [7, 11) is 1.27. The number of carbonyl (C=O) groups is 2. The number of amides is 2. The lowest BCUT2D eigenvalue weighted by Crippen LogP contribution is -2.53. The third-order valence-corrected chi connectivity index (χ3v) is 9.21. The van der Waals surface area contributed by atoms with Crippen LogP contribution in [-0.4, -0.2) is 72.2 Å². The van der Waals surface area contributed by atoms with E-state index in [1.54, 1.807) is 12.1 Å². The van der Waals surface area contributed by atoms with Crippen molar-refractivity contribution in [3.05, 3.63) is 72.3 Å². The van der Waals surface area contributed by atoms with Gasteiger partial charge in [-0.15, -0.1) is 0 Å². The molecule has 244 valence electrons. The van der Waals surface area contributed by atoms with Crippen molar-refractivity contribution in [1.29, 1.82) is 0 Å². The van der Waals surface area contributed by atoms with Gasteiger partial charge in [-0.05, 0) is 49.6 Å². The Hall–Kier alpha value is -4.45. The highest BCUT2D eigenvalue weighted by molar-refractivity contribution is 7.92. The molecule has 0 fully saturated rings. The van der Waals surface area contributed by atoms with Crippen LogP contribution in [0.5, 0.6) is 23.0 Å². The molecule has 0 radical (unpaired) electrons. The van der Waals surface area contributed by atoms with Gasteiger partial charge in [-0.3, -0.25) is 13.9 Å². The van der Waals surface area contributed by atoms with Gasteiger partial charge < -0.3 is 29.2 Å². The zero-order valence-electron chi connectivity index (χ0n) is 26.9. The number of nitrogens with zero attached hydrogens (tertiary/aromatic N) is 2. The molecule has 0 bridgehead atoms. The molecular formula is C33H43N3O8S. The highest BCUT2D eigenvalue weighted by atomic mass is 32.2. The second-order valence-electron chi connectivity index (χ2n) is 10.3. The fraction of sp³-hybridized carbons (Fsp3) is 0.394. The average molecular weight is 642 g/mol. The van der Waals surface area contributed by atoms with Crippen LogP contribution >= 0.6 is 0 Å². The molecule has 11 nitrogen and oxygen atoms in total. The van der Waals surface area contributed by atoms with E-state index in [-0.39, 0.29) is 40.6 Å². The Morgan fingerprint density at radius 1 is 0.800 bits per heavy atom. The lowest BCUT2D eigenvalue weighted by Gasteiger charge is -2.34. The minimum atomic E-state index is -4.43. The molecule has 0 unspecified atom stereocenters. The van der Waals surface area contributed by atoms with Crippen LogP contribution in [0.15, 0.2) is 71.6 Å². The van der Waals surface area contributed by atoms with Crippen LogP contribution in [0.25, 0.3) is 0 Å². The molecule has 2 amide bonds. The van der Waals surface area contributed by atoms with Gasteiger partial charge in [0.25, 0.3) is 10.0 Å². The van der Waals surface area contributed by atoms with Gasteiger partial charge in [0.1, 0.15) is 24.1 Å². The molecule has 3 rings (SSSR count). The standard InChI is InChI=1S/C33H43N3O8S/c1-8-23(3)34-33(38)27(9-2)35(21-24-13-11-10-12-14-24)32(37)22-36(28-19-25(41-4)15-17-29(28)42-5)45(39,40)26-16-18-30(43-6)31(20-26)44-7/h10-20,23,27H,8-9,21-22H2,1-7H3,(H,34,38)/t23-,27+/m0/s1. The van der Waals surface area contributed by atoms with Gasteiger partial charge in [0.2, 0.25) is 11.8 Å². The Balaban J connectivity index is 2.18. The van der Waals surface area contributed by atoms with Gasteiger partial charge in [-0.1, -0.05) is 44.2 Å². The van der Waals surface area contributed by atoms with E-state index in [1.165, 1.54) is 57.6 Å². The SMILES string of the molecule is CC[C@H](C(=O)N[C@@H](C)CC)N(Cc1ccccc1)C(=O)CN(c1cc(OC)ccc1OC)S(=O)(=O)c1ccc(OC)c(OC)c1. The van der Waals surface area contributed by atoms with E-state index in [4.69, 9.17) is 18.9 Å². The van der Waals surface area contributed by atoms with Crippen LogP contribution in [-0.2, 0) is 26.2 Å².